The molecule has 3 aromatic carbocycles. The standard InChI is InChI=1S/C54H71F2N7O9Si/c1-32(69-3)38(31-48(65)71-5)52(66)61-21-9-11-45(61)47(64)27-34-13-15-35(16-14-34)43-19-20-44(63(43)37-29-39(55)50(40(56)30-37)60-23-25-73(7,8)26-24-60)36-17-18-41-42(28-36)58-51(57-41)46-12-10-22-62(46)53(67)49(33(2)70-4)59-54(68)72-6/h13-18,28-30,32-33,38,43-46,49H,9-12,19-27,31H2,1-8H3,(H,57,58)(H,59,68)/t32-,33-,38+,43+,44+,45+,46+,49+/m1/s1. The molecule has 1 aromatic heterocycles. The molecule has 0 radical (unpaired) electrons. The van der Waals surface area contributed by atoms with E-state index in [9.17, 15) is 24.0 Å². The van der Waals surface area contributed by atoms with Gasteiger partial charge >= 0.3 is 12.1 Å². The average molecular weight is 1030 g/mol. The van der Waals surface area contributed by atoms with Crippen molar-refractivity contribution in [1.29, 1.82) is 0 Å². The number of halogens is 2. The van der Waals surface area contributed by atoms with Gasteiger partial charge in [0.25, 0.3) is 0 Å². The van der Waals surface area contributed by atoms with E-state index in [0.29, 0.717) is 75.3 Å². The number of benzene rings is 3. The maximum Gasteiger partial charge on any atom is 0.407 e. The van der Waals surface area contributed by atoms with Gasteiger partial charge in [-0.05, 0) is 105 Å². The van der Waals surface area contributed by atoms with Crippen LogP contribution in [-0.4, -0.2) is 136 Å². The predicted octanol–water partition coefficient (Wildman–Crippen LogP) is 8.19. The van der Waals surface area contributed by atoms with Crippen molar-refractivity contribution < 1.29 is 51.7 Å². The van der Waals surface area contributed by atoms with E-state index in [2.05, 4.69) is 28.3 Å². The molecule has 19 heteroatoms. The number of aromatic amines is 1. The molecule has 0 aliphatic carbocycles. The smallest absolute Gasteiger partial charge is 0.407 e. The largest absolute Gasteiger partial charge is 0.469 e. The van der Waals surface area contributed by atoms with Crippen LogP contribution >= 0.6 is 0 Å². The van der Waals surface area contributed by atoms with Gasteiger partial charge in [-0.25, -0.2) is 18.6 Å². The van der Waals surface area contributed by atoms with Crippen LogP contribution in [0.3, 0.4) is 0 Å². The Morgan fingerprint density at radius 1 is 0.753 bits per heavy atom. The molecule has 0 saturated carbocycles. The summed E-state index contributed by atoms with van der Waals surface area (Å²) in [5.74, 6) is -2.62. The van der Waals surface area contributed by atoms with E-state index in [1.165, 1.54) is 40.6 Å². The maximum absolute atomic E-state index is 16.5. The Bertz CT molecular complexity index is 2640. The summed E-state index contributed by atoms with van der Waals surface area (Å²) in [5.41, 5.74) is 4.48. The van der Waals surface area contributed by atoms with Gasteiger partial charge in [-0.15, -0.1) is 0 Å². The zero-order valence-electron chi connectivity index (χ0n) is 43.4. The van der Waals surface area contributed by atoms with Crippen LogP contribution in [0, 0.1) is 17.6 Å². The molecule has 8 atom stereocenters. The number of carbonyl (C=O) groups is 5. The maximum atomic E-state index is 16.5. The van der Waals surface area contributed by atoms with Crippen molar-refractivity contribution in [2.75, 3.05) is 64.4 Å². The van der Waals surface area contributed by atoms with Gasteiger partial charge < -0.3 is 48.8 Å². The Morgan fingerprint density at radius 3 is 2.03 bits per heavy atom. The highest BCUT2D eigenvalue weighted by atomic mass is 28.3. The second-order valence-electron chi connectivity index (χ2n) is 21.0. The Balaban J connectivity index is 1.06. The molecule has 4 aromatic rings. The monoisotopic (exact) mass is 1030 g/mol. The van der Waals surface area contributed by atoms with Crippen molar-refractivity contribution in [3.05, 3.63) is 88.7 Å². The zero-order chi connectivity index (χ0) is 52.3. The van der Waals surface area contributed by atoms with E-state index in [4.69, 9.17) is 23.9 Å². The third-order valence-corrected chi connectivity index (χ3v) is 19.1. The number of esters is 1. The summed E-state index contributed by atoms with van der Waals surface area (Å²) in [5, 5.41) is 2.63. The molecular weight excluding hydrogens is 957 g/mol. The summed E-state index contributed by atoms with van der Waals surface area (Å²) < 4.78 is 53.7. The van der Waals surface area contributed by atoms with Crippen LogP contribution in [0.4, 0.5) is 25.0 Å². The highest BCUT2D eigenvalue weighted by Crippen LogP contribution is 2.49. The number of fused-ring (bicyclic) bond motifs is 1. The Kier molecular flexibility index (Phi) is 16.6. The normalized spacial score (nSPS) is 22.5. The van der Waals surface area contributed by atoms with Crippen molar-refractivity contribution in [3.8, 4) is 0 Å². The van der Waals surface area contributed by atoms with Crippen LogP contribution < -0.4 is 15.1 Å². The summed E-state index contributed by atoms with van der Waals surface area (Å²) in [6.45, 7) is 10.2. The number of hydrogen-bond donors (Lipinski definition) is 2. The number of carbonyl (C=O) groups excluding carboxylic acids is 5. The third-order valence-electron chi connectivity index (χ3n) is 16.0. The van der Waals surface area contributed by atoms with Crippen molar-refractivity contribution in [1.82, 2.24) is 25.1 Å². The first kappa shape index (κ1) is 53.4. The lowest BCUT2D eigenvalue weighted by Crippen LogP contribution is -2.54. The van der Waals surface area contributed by atoms with Gasteiger partial charge in [0.2, 0.25) is 11.8 Å². The van der Waals surface area contributed by atoms with E-state index in [0.717, 1.165) is 40.7 Å². The van der Waals surface area contributed by atoms with E-state index in [-0.39, 0.29) is 54.3 Å². The summed E-state index contributed by atoms with van der Waals surface area (Å²) in [6.07, 6.45) is 1.92. The lowest BCUT2D eigenvalue weighted by molar-refractivity contribution is -0.151. The molecule has 0 spiro atoms. The van der Waals surface area contributed by atoms with Crippen molar-refractivity contribution in [2.45, 2.75) is 133 Å². The first-order valence-electron chi connectivity index (χ1n) is 25.7. The fraction of sp³-hybridized carbons (Fsp3) is 0.556. The number of likely N-dealkylation sites (tertiary alicyclic amines) is 2. The number of rotatable bonds is 17. The number of alkyl carbamates (subject to hydrolysis) is 1. The van der Waals surface area contributed by atoms with Gasteiger partial charge in [0.15, 0.2) is 17.4 Å². The fourth-order valence-electron chi connectivity index (χ4n) is 11.4. The molecule has 0 bridgehead atoms. The lowest BCUT2D eigenvalue weighted by Gasteiger charge is -2.38. The molecule has 4 fully saturated rings. The molecule has 0 unspecified atom stereocenters. The topological polar surface area (TPSA) is 176 Å². The lowest BCUT2D eigenvalue weighted by atomic mass is 9.95. The minimum absolute atomic E-state index is 0.0132. The summed E-state index contributed by atoms with van der Waals surface area (Å²) in [6, 6.07) is 16.0. The molecule has 16 nitrogen and oxygen atoms in total. The molecule has 394 valence electrons. The zero-order valence-corrected chi connectivity index (χ0v) is 44.4. The van der Waals surface area contributed by atoms with Gasteiger partial charge in [0.1, 0.15) is 17.6 Å². The van der Waals surface area contributed by atoms with Gasteiger partial charge in [-0.3, -0.25) is 19.2 Å². The van der Waals surface area contributed by atoms with Crippen molar-refractivity contribution in [2.24, 2.45) is 5.92 Å². The molecule has 4 aliphatic rings. The number of nitrogens with zero attached hydrogens (tertiary/aromatic N) is 5. The molecule has 8 rings (SSSR count). The molecule has 2 N–H and O–H groups in total. The van der Waals surface area contributed by atoms with Gasteiger partial charge in [-0.1, -0.05) is 43.4 Å². The predicted molar refractivity (Wildman–Crippen MR) is 275 cm³/mol. The number of hydrogen-bond acceptors (Lipinski definition) is 12. The molecular formula is C54H71F2N7O9Si. The highest BCUT2D eigenvalue weighted by Gasteiger charge is 2.42. The Hall–Kier alpha value is -5.92. The molecule has 4 aliphatic heterocycles. The SMILES string of the molecule is COC(=O)C[C@H](C(=O)N1CCC[C@H]1C(=O)Cc1ccc([C@@H]2CC[C@@H](c3ccc4nc([C@@H]5CCCN5C(=O)[C@@H](NC(=O)OC)[C@@H](C)OC)[nH]c4c3)N2c2cc(F)c(N3CC[Si](C)(C)CC3)c(F)c2)cc1)[C@@H](C)OC. The van der Waals surface area contributed by atoms with E-state index >= 15 is 8.78 Å². The third kappa shape index (κ3) is 11.4. The quantitative estimate of drug-likeness (QED) is 0.0768. The van der Waals surface area contributed by atoms with E-state index in [1.807, 2.05) is 47.4 Å². The number of aromatic nitrogens is 2. The van der Waals surface area contributed by atoms with Gasteiger partial charge in [0.05, 0.1) is 82.0 Å². The van der Waals surface area contributed by atoms with Crippen LogP contribution in [-0.2, 0) is 44.5 Å². The fourth-order valence-corrected chi connectivity index (χ4v) is 13.4. The number of methoxy groups -OCH3 is 4. The van der Waals surface area contributed by atoms with E-state index < -0.39 is 62.0 Å². The summed E-state index contributed by atoms with van der Waals surface area (Å²) >= 11 is 0. The first-order valence-corrected chi connectivity index (χ1v) is 29.1. The van der Waals surface area contributed by atoms with Crippen LogP contribution in [0.2, 0.25) is 25.2 Å². The number of ether oxygens (including phenoxy) is 4. The summed E-state index contributed by atoms with van der Waals surface area (Å²) in [4.78, 5) is 82.0. The van der Waals surface area contributed by atoms with Crippen LogP contribution in [0.15, 0.2) is 54.6 Å². The number of H-pyrrole nitrogens is 1. The number of ketones is 1. The number of anilines is 2. The van der Waals surface area contributed by atoms with Crippen LogP contribution in [0.1, 0.15) is 99.4 Å². The minimum atomic E-state index is -1.42. The van der Waals surface area contributed by atoms with Gasteiger partial charge in [-0.2, -0.15) is 0 Å². The van der Waals surface area contributed by atoms with E-state index in [1.54, 1.807) is 23.6 Å². The number of Topliss-reactive ketones (excluding diaryl/α,β-unsaturated/α-hetero) is 1. The second-order valence-corrected chi connectivity index (χ2v) is 26.3. The first-order chi connectivity index (χ1) is 34.9. The molecule has 4 saturated heterocycles. The Morgan fingerprint density at radius 2 is 1.38 bits per heavy atom. The summed E-state index contributed by atoms with van der Waals surface area (Å²) in [7, 11) is 4.06. The van der Waals surface area contributed by atoms with Crippen molar-refractivity contribution in [3.63, 3.8) is 0 Å². The second kappa shape index (κ2) is 22.7. The highest BCUT2D eigenvalue weighted by molar-refractivity contribution is 6.77. The van der Waals surface area contributed by atoms with Gasteiger partial charge in [0, 0.05) is 52.5 Å². The minimum Gasteiger partial charge on any atom is -0.469 e. The number of nitrogens with one attached hydrogen (secondary N) is 2. The number of amides is 3. The molecule has 73 heavy (non-hydrogen) atoms. The number of imidazole rings is 1. The van der Waals surface area contributed by atoms with Crippen LogP contribution in [0.5, 0.6) is 0 Å². The molecule has 3 amide bonds. The van der Waals surface area contributed by atoms with Crippen molar-refractivity contribution >= 4 is 60.1 Å². The molecule has 5 heterocycles. The Labute approximate surface area is 427 Å². The average Bonchev–Trinajstić information content (AvgIpc) is 4.23. The van der Waals surface area contributed by atoms with Crippen LogP contribution in [0.25, 0.3) is 11.0 Å².